The fourth-order valence-electron chi connectivity index (χ4n) is 1.88. The van der Waals surface area contributed by atoms with E-state index in [0.29, 0.717) is 0 Å². The molecule has 1 aliphatic carbocycles. The van der Waals surface area contributed by atoms with Crippen LogP contribution in [0, 0.1) is 0 Å². The molecule has 0 aliphatic heterocycles. The van der Waals surface area contributed by atoms with E-state index in [0.717, 1.165) is 18.3 Å². The summed E-state index contributed by atoms with van der Waals surface area (Å²) in [4.78, 5) is 6.32. The summed E-state index contributed by atoms with van der Waals surface area (Å²) in [5, 5.41) is 4.91. The first kappa shape index (κ1) is 14.4. The van der Waals surface area contributed by atoms with Gasteiger partial charge in [0, 0.05) is 28.6 Å². The molecule has 1 saturated carbocycles. The topological polar surface area (TPSA) is 24.9 Å². The zero-order chi connectivity index (χ0) is 13.2. The van der Waals surface area contributed by atoms with Gasteiger partial charge in [0.25, 0.3) is 0 Å². The van der Waals surface area contributed by atoms with E-state index < -0.39 is 0 Å². The summed E-state index contributed by atoms with van der Waals surface area (Å²) in [5.41, 5.74) is 1.46. The van der Waals surface area contributed by atoms with Crippen LogP contribution in [0.15, 0.2) is 0 Å². The molecule has 1 heterocycles. The van der Waals surface area contributed by atoms with Crippen molar-refractivity contribution in [1.29, 1.82) is 0 Å². The second kappa shape index (κ2) is 5.93. The number of thioether (sulfide) groups is 1. The lowest BCUT2D eigenvalue weighted by molar-refractivity contribution is 0.558. The fraction of sp³-hybridized carbons (Fsp3) is 0.786. The highest BCUT2D eigenvalue weighted by atomic mass is 32.2. The van der Waals surface area contributed by atoms with Crippen LogP contribution in [0.25, 0.3) is 0 Å². The van der Waals surface area contributed by atoms with Crippen molar-refractivity contribution in [3.8, 4) is 0 Å². The molecule has 1 aliphatic rings. The zero-order valence-corrected chi connectivity index (χ0v) is 13.5. The predicted molar refractivity (Wildman–Crippen MR) is 82.5 cm³/mol. The second-order valence-corrected chi connectivity index (χ2v) is 8.36. The summed E-state index contributed by atoms with van der Waals surface area (Å²) in [6, 6.07) is 0.772. The smallest absolute Gasteiger partial charge is 0.103 e. The molecule has 18 heavy (non-hydrogen) atoms. The van der Waals surface area contributed by atoms with Gasteiger partial charge in [0.2, 0.25) is 0 Å². The summed E-state index contributed by atoms with van der Waals surface area (Å²) in [7, 11) is 0. The summed E-state index contributed by atoms with van der Waals surface area (Å²) < 4.78 is 0. The maximum atomic E-state index is 4.88. The number of thiazole rings is 1. The Kier molecular flexibility index (Phi) is 4.73. The molecular formula is C14H24N2S2. The molecule has 0 amide bonds. The van der Waals surface area contributed by atoms with Crippen LogP contribution in [0.2, 0.25) is 0 Å². The van der Waals surface area contributed by atoms with Crippen LogP contribution >= 0.6 is 23.1 Å². The molecule has 1 N–H and O–H groups in total. The van der Waals surface area contributed by atoms with Gasteiger partial charge in [-0.1, -0.05) is 27.7 Å². The monoisotopic (exact) mass is 284 g/mol. The molecule has 0 atom stereocenters. The van der Waals surface area contributed by atoms with Crippen molar-refractivity contribution in [3.05, 3.63) is 15.6 Å². The van der Waals surface area contributed by atoms with Crippen LogP contribution in [0.3, 0.4) is 0 Å². The van der Waals surface area contributed by atoms with Crippen LogP contribution < -0.4 is 5.32 Å². The standard InChI is InChI=1S/C14H24N2S2/c1-5-17-9-12-16-13(14(2,3)4)11(18-12)8-15-10-6-7-10/h10,15H,5-9H2,1-4H3. The van der Waals surface area contributed by atoms with Crippen LogP contribution in [-0.4, -0.2) is 16.8 Å². The molecule has 0 saturated heterocycles. The van der Waals surface area contributed by atoms with Gasteiger partial charge in [0.05, 0.1) is 5.69 Å². The van der Waals surface area contributed by atoms with Crippen LogP contribution in [0.4, 0.5) is 0 Å². The van der Waals surface area contributed by atoms with Gasteiger partial charge < -0.3 is 5.32 Å². The van der Waals surface area contributed by atoms with E-state index in [1.807, 2.05) is 23.1 Å². The van der Waals surface area contributed by atoms with E-state index >= 15 is 0 Å². The van der Waals surface area contributed by atoms with Gasteiger partial charge in [0.1, 0.15) is 5.01 Å². The van der Waals surface area contributed by atoms with Crippen molar-refractivity contribution in [2.24, 2.45) is 0 Å². The third-order valence-electron chi connectivity index (χ3n) is 3.01. The minimum Gasteiger partial charge on any atom is -0.309 e. The van der Waals surface area contributed by atoms with Crippen molar-refractivity contribution in [2.45, 2.75) is 64.3 Å². The van der Waals surface area contributed by atoms with Crippen LogP contribution in [0.5, 0.6) is 0 Å². The van der Waals surface area contributed by atoms with Gasteiger partial charge in [-0.3, -0.25) is 0 Å². The Morgan fingerprint density at radius 2 is 2.11 bits per heavy atom. The predicted octanol–water partition coefficient (Wildman–Crippen LogP) is 3.95. The molecule has 2 rings (SSSR count). The van der Waals surface area contributed by atoms with Gasteiger partial charge in [0.15, 0.2) is 0 Å². The van der Waals surface area contributed by atoms with Crippen LogP contribution in [-0.2, 0) is 17.7 Å². The molecule has 1 aromatic heterocycles. The minimum absolute atomic E-state index is 0.159. The largest absolute Gasteiger partial charge is 0.309 e. The maximum Gasteiger partial charge on any atom is 0.103 e. The second-order valence-electron chi connectivity index (χ2n) is 5.92. The minimum atomic E-state index is 0.159. The van der Waals surface area contributed by atoms with Crippen LogP contribution in [0.1, 0.15) is 56.1 Å². The number of hydrogen-bond acceptors (Lipinski definition) is 4. The van der Waals surface area contributed by atoms with Gasteiger partial charge in [-0.2, -0.15) is 11.8 Å². The Bertz CT molecular complexity index is 389. The third kappa shape index (κ3) is 3.97. The molecule has 0 unspecified atom stereocenters. The van der Waals surface area contributed by atoms with E-state index in [9.17, 15) is 0 Å². The highest BCUT2D eigenvalue weighted by Crippen LogP contribution is 2.32. The summed E-state index contributed by atoms with van der Waals surface area (Å²) >= 11 is 3.86. The third-order valence-corrected chi connectivity index (χ3v) is 5.13. The Hall–Kier alpha value is -0.0600. The molecule has 0 aromatic carbocycles. The average Bonchev–Trinajstić information content (AvgIpc) is 3.02. The lowest BCUT2D eigenvalue weighted by Gasteiger charge is -2.17. The van der Waals surface area contributed by atoms with E-state index in [2.05, 4.69) is 33.0 Å². The normalized spacial score (nSPS) is 16.2. The van der Waals surface area contributed by atoms with Gasteiger partial charge in [-0.15, -0.1) is 11.3 Å². The molecule has 4 heteroatoms. The molecule has 2 nitrogen and oxygen atoms in total. The fourth-order valence-corrected chi connectivity index (χ4v) is 3.84. The van der Waals surface area contributed by atoms with Crippen molar-refractivity contribution < 1.29 is 0 Å². The molecular weight excluding hydrogens is 260 g/mol. The molecule has 1 aromatic rings. The maximum absolute atomic E-state index is 4.88. The van der Waals surface area contributed by atoms with Crippen molar-refractivity contribution >= 4 is 23.1 Å². The molecule has 0 spiro atoms. The van der Waals surface area contributed by atoms with Gasteiger partial charge in [-0.25, -0.2) is 4.98 Å². The highest BCUT2D eigenvalue weighted by Gasteiger charge is 2.25. The Labute approximate surface area is 119 Å². The summed E-state index contributed by atoms with van der Waals surface area (Å²) in [6.45, 7) is 10.0. The van der Waals surface area contributed by atoms with Gasteiger partial charge in [-0.05, 0) is 18.6 Å². The van der Waals surface area contributed by atoms with Crippen molar-refractivity contribution in [2.75, 3.05) is 5.75 Å². The summed E-state index contributed by atoms with van der Waals surface area (Å²) in [5.74, 6) is 2.23. The zero-order valence-electron chi connectivity index (χ0n) is 11.9. The van der Waals surface area contributed by atoms with E-state index in [1.54, 1.807) is 0 Å². The number of hydrogen-bond donors (Lipinski definition) is 1. The van der Waals surface area contributed by atoms with Crippen molar-refractivity contribution in [3.63, 3.8) is 0 Å². The van der Waals surface area contributed by atoms with E-state index in [-0.39, 0.29) is 5.41 Å². The van der Waals surface area contributed by atoms with Gasteiger partial charge >= 0.3 is 0 Å². The first-order chi connectivity index (χ1) is 8.50. The van der Waals surface area contributed by atoms with Crippen molar-refractivity contribution in [1.82, 2.24) is 10.3 Å². The number of rotatable bonds is 6. The molecule has 1 fully saturated rings. The number of nitrogens with zero attached hydrogens (tertiary/aromatic N) is 1. The molecule has 102 valence electrons. The Morgan fingerprint density at radius 1 is 1.39 bits per heavy atom. The Balaban J connectivity index is 2.09. The molecule has 0 radical (unpaired) electrons. The SMILES string of the molecule is CCSCc1nc(C(C)(C)C)c(CNC2CC2)s1. The molecule has 0 bridgehead atoms. The lowest BCUT2D eigenvalue weighted by atomic mass is 9.91. The van der Waals surface area contributed by atoms with E-state index in [1.165, 1.54) is 34.2 Å². The Morgan fingerprint density at radius 3 is 2.67 bits per heavy atom. The first-order valence-corrected chi connectivity index (χ1v) is 8.78. The average molecular weight is 284 g/mol. The number of nitrogens with one attached hydrogen (secondary N) is 1. The lowest BCUT2D eigenvalue weighted by Crippen LogP contribution is -2.19. The first-order valence-electron chi connectivity index (χ1n) is 6.81. The quantitative estimate of drug-likeness (QED) is 0.856. The summed E-state index contributed by atoms with van der Waals surface area (Å²) in [6.07, 6.45) is 2.70. The number of aromatic nitrogens is 1. The van der Waals surface area contributed by atoms with E-state index in [4.69, 9.17) is 4.98 Å². The highest BCUT2D eigenvalue weighted by molar-refractivity contribution is 7.98.